The maximum Gasteiger partial charge on any atom is 0.438 e. The summed E-state index contributed by atoms with van der Waals surface area (Å²) in [5.74, 6) is 0. The number of aromatic nitrogens is 2. The number of para-hydroxylation sites is 1. The summed E-state index contributed by atoms with van der Waals surface area (Å²) >= 11 is 1.98. The van der Waals surface area contributed by atoms with Crippen LogP contribution >= 0.6 is 22.6 Å². The number of rotatable bonds is 2. The Kier molecular flexibility index (Phi) is 3.62. The Morgan fingerprint density at radius 2 is 2.12 bits per heavy atom. The summed E-state index contributed by atoms with van der Waals surface area (Å²) in [6, 6.07) is 9.28. The van der Waals surface area contributed by atoms with E-state index in [-0.39, 0.29) is 0 Å². The minimum absolute atomic E-state index is 0.466. The Morgan fingerprint density at radius 3 is 2.71 bits per heavy atom. The highest BCUT2D eigenvalue weighted by Crippen LogP contribution is 2.11. The van der Waals surface area contributed by atoms with Crippen LogP contribution in [0, 0.1) is 3.83 Å². The van der Waals surface area contributed by atoms with Crippen LogP contribution < -0.4 is 9.74 Å². The monoisotopic (exact) mass is 343 g/mol. The second-order valence-electron chi connectivity index (χ2n) is 3.27. The molecule has 0 radical (unpaired) electrons. The van der Waals surface area contributed by atoms with Crippen LogP contribution in [0.1, 0.15) is 0 Å². The molecule has 1 aromatic carbocycles. The fourth-order valence-corrected chi connectivity index (χ4v) is 1.66. The van der Waals surface area contributed by atoms with Crippen LogP contribution in [-0.4, -0.2) is 22.9 Å². The van der Waals surface area contributed by atoms with E-state index < -0.39 is 6.09 Å². The third-order valence-corrected chi connectivity index (χ3v) is 2.91. The van der Waals surface area contributed by atoms with Gasteiger partial charge in [0, 0.05) is 41.5 Å². The zero-order valence-electron chi connectivity index (χ0n) is 9.08. The molecule has 1 aromatic heterocycles. The standard InChI is InChI=1S/C11H10IN3O2/c1-14(9-5-3-2-4-6-9)11(16)17-15-8-7-13-10(15)12/h2-8H,1H3. The predicted octanol–water partition coefficient (Wildman–Crippen LogP) is 2.17. The topological polar surface area (TPSA) is 47.4 Å². The van der Waals surface area contributed by atoms with Gasteiger partial charge in [-0.05, 0) is 12.1 Å². The highest BCUT2D eigenvalue weighted by Gasteiger charge is 2.14. The van der Waals surface area contributed by atoms with E-state index in [9.17, 15) is 4.79 Å². The summed E-state index contributed by atoms with van der Waals surface area (Å²) in [6.07, 6.45) is 2.68. The van der Waals surface area contributed by atoms with Crippen molar-refractivity contribution < 1.29 is 9.63 Å². The number of benzene rings is 1. The third-order valence-electron chi connectivity index (χ3n) is 2.16. The van der Waals surface area contributed by atoms with Crippen molar-refractivity contribution in [1.29, 1.82) is 0 Å². The van der Waals surface area contributed by atoms with Gasteiger partial charge >= 0.3 is 6.09 Å². The van der Waals surface area contributed by atoms with E-state index in [1.807, 2.05) is 52.9 Å². The molecule has 0 saturated heterocycles. The van der Waals surface area contributed by atoms with Crippen molar-refractivity contribution in [2.75, 3.05) is 11.9 Å². The molecule has 1 heterocycles. The molecule has 0 atom stereocenters. The molecular formula is C11H10IN3O2. The van der Waals surface area contributed by atoms with Gasteiger partial charge in [0.1, 0.15) is 0 Å². The zero-order chi connectivity index (χ0) is 12.3. The van der Waals surface area contributed by atoms with Crippen LogP contribution in [0.25, 0.3) is 0 Å². The number of nitrogens with zero attached hydrogens (tertiary/aromatic N) is 3. The summed E-state index contributed by atoms with van der Waals surface area (Å²) in [5.41, 5.74) is 0.771. The molecule has 5 nitrogen and oxygen atoms in total. The van der Waals surface area contributed by atoms with Gasteiger partial charge in [-0.1, -0.05) is 18.2 Å². The number of halogens is 1. The maximum atomic E-state index is 11.8. The summed E-state index contributed by atoms with van der Waals surface area (Å²) in [4.78, 5) is 22.3. The van der Waals surface area contributed by atoms with Crippen molar-refractivity contribution in [2.24, 2.45) is 0 Å². The van der Waals surface area contributed by atoms with Gasteiger partial charge in [-0.15, -0.1) is 0 Å². The Bertz CT molecular complexity index is 512. The van der Waals surface area contributed by atoms with Gasteiger partial charge in [-0.3, -0.25) is 4.90 Å². The fraction of sp³-hybridized carbons (Fsp3) is 0.0909. The average molecular weight is 343 g/mol. The molecule has 0 spiro atoms. The number of carbonyl (C=O) groups is 1. The first-order chi connectivity index (χ1) is 8.18. The molecular weight excluding hydrogens is 333 g/mol. The lowest BCUT2D eigenvalue weighted by Crippen LogP contribution is -2.34. The van der Waals surface area contributed by atoms with Crippen molar-refractivity contribution >= 4 is 34.4 Å². The van der Waals surface area contributed by atoms with Gasteiger partial charge in [-0.25, -0.2) is 9.78 Å². The van der Waals surface area contributed by atoms with Gasteiger partial charge in [0.2, 0.25) is 3.83 Å². The number of hydrogen-bond acceptors (Lipinski definition) is 3. The van der Waals surface area contributed by atoms with E-state index >= 15 is 0 Å². The van der Waals surface area contributed by atoms with Crippen LogP contribution in [0.15, 0.2) is 42.7 Å². The van der Waals surface area contributed by atoms with E-state index in [4.69, 9.17) is 4.84 Å². The zero-order valence-corrected chi connectivity index (χ0v) is 11.2. The molecule has 0 aliphatic rings. The van der Waals surface area contributed by atoms with Gasteiger partial charge < -0.3 is 4.84 Å². The molecule has 2 rings (SSSR count). The van der Waals surface area contributed by atoms with Gasteiger partial charge in [0.25, 0.3) is 0 Å². The first kappa shape index (κ1) is 11.9. The van der Waals surface area contributed by atoms with Crippen molar-refractivity contribution in [3.63, 3.8) is 0 Å². The number of amides is 1. The van der Waals surface area contributed by atoms with Crippen LogP contribution in [0.3, 0.4) is 0 Å². The normalized spacial score (nSPS) is 10.0. The second kappa shape index (κ2) is 5.17. The van der Waals surface area contributed by atoms with E-state index in [0.717, 1.165) is 5.69 Å². The minimum Gasteiger partial charge on any atom is -0.315 e. The largest absolute Gasteiger partial charge is 0.438 e. The molecule has 88 valence electrons. The quantitative estimate of drug-likeness (QED) is 0.786. The molecule has 0 aliphatic carbocycles. The number of imidazole rings is 1. The number of hydrogen-bond donors (Lipinski definition) is 0. The molecule has 0 N–H and O–H groups in total. The molecule has 0 saturated carbocycles. The molecule has 6 heteroatoms. The lowest BCUT2D eigenvalue weighted by atomic mass is 10.3. The maximum absolute atomic E-state index is 11.8. The molecule has 0 aliphatic heterocycles. The minimum atomic E-state index is -0.466. The van der Waals surface area contributed by atoms with E-state index in [1.54, 1.807) is 19.4 Å². The second-order valence-corrected chi connectivity index (χ2v) is 4.24. The van der Waals surface area contributed by atoms with E-state index in [0.29, 0.717) is 3.83 Å². The van der Waals surface area contributed by atoms with Crippen LogP contribution in [0.5, 0.6) is 0 Å². The Hall–Kier alpha value is -1.57. The summed E-state index contributed by atoms with van der Waals surface area (Å²) < 4.78 is 1.92. The van der Waals surface area contributed by atoms with Crippen LogP contribution in [0.2, 0.25) is 0 Å². The van der Waals surface area contributed by atoms with Gasteiger partial charge in [0.05, 0.1) is 6.20 Å². The molecule has 1 amide bonds. The number of anilines is 1. The molecule has 0 unspecified atom stereocenters. The van der Waals surface area contributed by atoms with Gasteiger partial charge in [-0.2, -0.15) is 4.73 Å². The SMILES string of the molecule is CN(C(=O)On1ccnc1I)c1ccccc1. The van der Waals surface area contributed by atoms with Crippen LogP contribution in [0.4, 0.5) is 10.5 Å². The van der Waals surface area contributed by atoms with Crippen molar-refractivity contribution in [3.05, 3.63) is 46.6 Å². The Labute approximate surface area is 112 Å². The van der Waals surface area contributed by atoms with E-state index in [2.05, 4.69) is 4.98 Å². The van der Waals surface area contributed by atoms with Gasteiger partial charge in [0.15, 0.2) is 0 Å². The molecule has 0 bridgehead atoms. The third kappa shape index (κ3) is 2.76. The van der Waals surface area contributed by atoms with Crippen molar-refractivity contribution in [1.82, 2.24) is 9.71 Å². The molecule has 2 aromatic rings. The van der Waals surface area contributed by atoms with Crippen molar-refractivity contribution in [3.8, 4) is 0 Å². The fourth-order valence-electron chi connectivity index (χ4n) is 1.24. The summed E-state index contributed by atoms with van der Waals surface area (Å²) in [6.45, 7) is 0. The lowest BCUT2D eigenvalue weighted by molar-refractivity contribution is 0.138. The summed E-state index contributed by atoms with van der Waals surface area (Å²) in [5, 5.41) is 0. The number of carbonyl (C=O) groups excluding carboxylic acids is 1. The van der Waals surface area contributed by atoms with Crippen molar-refractivity contribution in [2.45, 2.75) is 0 Å². The highest BCUT2D eigenvalue weighted by molar-refractivity contribution is 14.1. The van der Waals surface area contributed by atoms with E-state index in [1.165, 1.54) is 9.63 Å². The first-order valence-corrected chi connectivity index (χ1v) is 5.96. The molecule has 0 fully saturated rings. The molecule has 17 heavy (non-hydrogen) atoms. The first-order valence-electron chi connectivity index (χ1n) is 4.88. The lowest BCUT2D eigenvalue weighted by Gasteiger charge is -2.16. The smallest absolute Gasteiger partial charge is 0.315 e. The Balaban J connectivity index is 2.09. The highest BCUT2D eigenvalue weighted by atomic mass is 127. The predicted molar refractivity (Wildman–Crippen MR) is 71.8 cm³/mol. The summed E-state index contributed by atoms with van der Waals surface area (Å²) in [7, 11) is 1.65. The van der Waals surface area contributed by atoms with Crippen LogP contribution in [-0.2, 0) is 0 Å². The Morgan fingerprint density at radius 1 is 1.41 bits per heavy atom. The average Bonchev–Trinajstić information content (AvgIpc) is 2.75.